The maximum Gasteiger partial charge on any atom is 0.325 e. The van der Waals surface area contributed by atoms with Crippen molar-refractivity contribution in [2.24, 2.45) is 0 Å². The topological polar surface area (TPSA) is 78.5 Å². The number of carbonyl (C=O) groups is 3. The highest BCUT2D eigenvalue weighted by molar-refractivity contribution is 6.09. The summed E-state index contributed by atoms with van der Waals surface area (Å²) in [5, 5.41) is 8.00. The fourth-order valence-electron chi connectivity index (χ4n) is 4.98. The molecule has 5 rings (SSSR count). The standard InChI is InChI=1S/C26H25N3O3/c1-17(21-12-6-10-19-8-4-5-11-22(19)21)27-23(30)16-29-24(31)26(28-25(29)32)14-13-18-7-2-3-9-20(18)15-26/h2-12,17H,13-16H2,1H3,(H,27,30)(H,28,32). The SMILES string of the molecule is CC(NC(=O)CN1C(=O)NC2(CCc3ccccc3C2)C1=O)c1cccc2ccccc12. The molecule has 162 valence electrons. The molecule has 1 aliphatic heterocycles. The first-order chi connectivity index (χ1) is 15.5. The van der Waals surface area contributed by atoms with Crippen LogP contribution in [0.2, 0.25) is 0 Å². The molecule has 1 saturated heterocycles. The van der Waals surface area contributed by atoms with Crippen LogP contribution >= 0.6 is 0 Å². The van der Waals surface area contributed by atoms with Crippen LogP contribution in [0.4, 0.5) is 4.79 Å². The quantitative estimate of drug-likeness (QED) is 0.626. The van der Waals surface area contributed by atoms with Crippen LogP contribution < -0.4 is 10.6 Å². The minimum Gasteiger partial charge on any atom is -0.348 e. The van der Waals surface area contributed by atoms with Crippen LogP contribution in [0.15, 0.2) is 66.7 Å². The summed E-state index contributed by atoms with van der Waals surface area (Å²) in [6.45, 7) is 1.62. The third-order valence-electron chi connectivity index (χ3n) is 6.65. The Morgan fingerprint density at radius 1 is 1.03 bits per heavy atom. The van der Waals surface area contributed by atoms with Gasteiger partial charge < -0.3 is 10.6 Å². The Kier molecular flexibility index (Phi) is 4.93. The Morgan fingerprint density at radius 3 is 2.59 bits per heavy atom. The van der Waals surface area contributed by atoms with Crippen molar-refractivity contribution in [1.29, 1.82) is 0 Å². The summed E-state index contributed by atoms with van der Waals surface area (Å²) in [5.41, 5.74) is 2.32. The Labute approximate surface area is 186 Å². The lowest BCUT2D eigenvalue weighted by Crippen LogP contribution is -2.51. The summed E-state index contributed by atoms with van der Waals surface area (Å²) in [4.78, 5) is 39.7. The number of hydrogen-bond donors (Lipinski definition) is 2. The first-order valence-electron chi connectivity index (χ1n) is 10.9. The number of benzene rings is 3. The summed E-state index contributed by atoms with van der Waals surface area (Å²) in [5.74, 6) is -0.674. The molecule has 3 aromatic carbocycles. The highest BCUT2D eigenvalue weighted by atomic mass is 16.2. The summed E-state index contributed by atoms with van der Waals surface area (Å²) < 4.78 is 0. The van der Waals surface area contributed by atoms with E-state index in [9.17, 15) is 14.4 Å². The number of urea groups is 1. The number of hydrogen-bond acceptors (Lipinski definition) is 3. The molecule has 1 aliphatic carbocycles. The number of imide groups is 1. The second-order valence-electron chi connectivity index (χ2n) is 8.71. The van der Waals surface area contributed by atoms with Gasteiger partial charge in [-0.25, -0.2) is 4.79 Å². The molecular formula is C26H25N3O3. The lowest BCUT2D eigenvalue weighted by Gasteiger charge is -2.32. The molecule has 2 N–H and O–H groups in total. The van der Waals surface area contributed by atoms with Crippen LogP contribution in [-0.4, -0.2) is 34.8 Å². The van der Waals surface area contributed by atoms with E-state index in [1.165, 1.54) is 5.56 Å². The maximum absolute atomic E-state index is 13.2. The monoisotopic (exact) mass is 427 g/mol. The van der Waals surface area contributed by atoms with Gasteiger partial charge in [0.15, 0.2) is 0 Å². The third kappa shape index (κ3) is 3.42. The predicted molar refractivity (Wildman–Crippen MR) is 122 cm³/mol. The van der Waals surface area contributed by atoms with Crippen molar-refractivity contribution < 1.29 is 14.4 Å². The van der Waals surface area contributed by atoms with Crippen molar-refractivity contribution >= 4 is 28.6 Å². The van der Waals surface area contributed by atoms with E-state index in [0.717, 1.165) is 33.2 Å². The largest absolute Gasteiger partial charge is 0.348 e. The third-order valence-corrected chi connectivity index (χ3v) is 6.65. The first-order valence-corrected chi connectivity index (χ1v) is 10.9. The van der Waals surface area contributed by atoms with Gasteiger partial charge in [-0.15, -0.1) is 0 Å². The highest BCUT2D eigenvalue weighted by Gasteiger charge is 2.52. The van der Waals surface area contributed by atoms with Crippen molar-refractivity contribution in [2.75, 3.05) is 6.54 Å². The number of fused-ring (bicyclic) bond motifs is 2. The number of rotatable bonds is 4. The zero-order valence-electron chi connectivity index (χ0n) is 17.9. The number of amides is 4. The zero-order chi connectivity index (χ0) is 22.3. The molecule has 0 saturated carbocycles. The molecular weight excluding hydrogens is 402 g/mol. The van der Waals surface area contributed by atoms with E-state index in [-0.39, 0.29) is 24.4 Å². The predicted octanol–water partition coefficient (Wildman–Crippen LogP) is 3.50. The van der Waals surface area contributed by atoms with Gasteiger partial charge >= 0.3 is 6.03 Å². The minimum atomic E-state index is -0.951. The highest BCUT2D eigenvalue weighted by Crippen LogP contribution is 2.33. The smallest absolute Gasteiger partial charge is 0.325 e. The van der Waals surface area contributed by atoms with E-state index >= 15 is 0 Å². The van der Waals surface area contributed by atoms with Crippen molar-refractivity contribution in [1.82, 2.24) is 15.5 Å². The van der Waals surface area contributed by atoms with Gasteiger partial charge in [0.25, 0.3) is 5.91 Å². The van der Waals surface area contributed by atoms with Gasteiger partial charge in [0.2, 0.25) is 5.91 Å². The van der Waals surface area contributed by atoms with Crippen LogP contribution in [0.25, 0.3) is 10.8 Å². The average molecular weight is 428 g/mol. The summed E-state index contributed by atoms with van der Waals surface area (Å²) in [6, 6.07) is 21.2. The van der Waals surface area contributed by atoms with Gasteiger partial charge in [0, 0.05) is 6.42 Å². The van der Waals surface area contributed by atoms with E-state index in [1.54, 1.807) is 0 Å². The molecule has 1 spiro atoms. The molecule has 4 amide bonds. The second kappa shape index (κ2) is 7.79. The van der Waals surface area contributed by atoms with Crippen molar-refractivity contribution in [3.05, 3.63) is 83.4 Å². The Balaban J connectivity index is 1.29. The van der Waals surface area contributed by atoms with E-state index in [4.69, 9.17) is 0 Å². The van der Waals surface area contributed by atoms with Gasteiger partial charge in [-0.2, -0.15) is 0 Å². The molecule has 0 bridgehead atoms. The van der Waals surface area contributed by atoms with E-state index < -0.39 is 11.6 Å². The normalized spacial score (nSPS) is 20.8. The van der Waals surface area contributed by atoms with E-state index in [2.05, 4.69) is 16.7 Å². The summed E-state index contributed by atoms with van der Waals surface area (Å²) in [6.07, 6.45) is 1.72. The lowest BCUT2D eigenvalue weighted by atomic mass is 9.78. The molecule has 1 heterocycles. The fraction of sp³-hybridized carbons (Fsp3) is 0.269. The average Bonchev–Trinajstić information content (AvgIpc) is 3.02. The van der Waals surface area contributed by atoms with Gasteiger partial charge in [-0.3, -0.25) is 14.5 Å². The lowest BCUT2D eigenvalue weighted by molar-refractivity contribution is -0.135. The van der Waals surface area contributed by atoms with Crippen LogP contribution in [0.1, 0.15) is 36.1 Å². The minimum absolute atomic E-state index is 0.259. The zero-order valence-corrected chi connectivity index (χ0v) is 17.9. The summed E-state index contributed by atoms with van der Waals surface area (Å²) >= 11 is 0. The van der Waals surface area contributed by atoms with Crippen molar-refractivity contribution in [2.45, 2.75) is 37.8 Å². The van der Waals surface area contributed by atoms with E-state index in [0.29, 0.717) is 12.8 Å². The number of nitrogens with one attached hydrogen (secondary N) is 2. The van der Waals surface area contributed by atoms with Gasteiger partial charge in [0.1, 0.15) is 12.1 Å². The van der Waals surface area contributed by atoms with Crippen LogP contribution in [0, 0.1) is 0 Å². The Bertz CT molecular complexity index is 1230. The second-order valence-corrected chi connectivity index (χ2v) is 8.71. The number of carbonyl (C=O) groups excluding carboxylic acids is 3. The molecule has 1 fully saturated rings. The Morgan fingerprint density at radius 2 is 1.75 bits per heavy atom. The molecule has 0 aromatic heterocycles. The molecule has 2 unspecified atom stereocenters. The Hall–Kier alpha value is -3.67. The molecule has 6 nitrogen and oxygen atoms in total. The van der Waals surface area contributed by atoms with Gasteiger partial charge in [-0.05, 0) is 47.2 Å². The molecule has 2 atom stereocenters. The number of nitrogens with zero attached hydrogens (tertiary/aromatic N) is 1. The molecule has 2 aliphatic rings. The molecule has 32 heavy (non-hydrogen) atoms. The van der Waals surface area contributed by atoms with Crippen LogP contribution in [0.3, 0.4) is 0 Å². The van der Waals surface area contributed by atoms with Gasteiger partial charge in [0.05, 0.1) is 6.04 Å². The molecule has 6 heteroatoms. The number of aryl methyl sites for hydroxylation is 1. The molecule has 3 aromatic rings. The first kappa shape index (κ1) is 20.2. The van der Waals surface area contributed by atoms with Crippen LogP contribution in [0.5, 0.6) is 0 Å². The van der Waals surface area contributed by atoms with Crippen LogP contribution in [-0.2, 0) is 22.4 Å². The fourth-order valence-corrected chi connectivity index (χ4v) is 4.98. The van der Waals surface area contributed by atoms with Gasteiger partial charge in [-0.1, -0.05) is 66.7 Å². The maximum atomic E-state index is 13.2. The van der Waals surface area contributed by atoms with E-state index in [1.807, 2.05) is 67.6 Å². The van der Waals surface area contributed by atoms with Crippen molar-refractivity contribution in [3.63, 3.8) is 0 Å². The summed E-state index contributed by atoms with van der Waals surface area (Å²) in [7, 11) is 0. The molecule has 0 radical (unpaired) electrons. The van der Waals surface area contributed by atoms with Crippen molar-refractivity contribution in [3.8, 4) is 0 Å².